The van der Waals surface area contributed by atoms with Crippen molar-refractivity contribution in [1.29, 1.82) is 0 Å². The molecule has 4 N–H and O–H groups in total. The molecule has 0 aromatic heterocycles. The fraction of sp³-hybridized carbons (Fsp3) is 0.744. The molecule has 0 aliphatic rings. The van der Waals surface area contributed by atoms with Crippen LogP contribution in [-0.2, 0) is 46.6 Å². The van der Waals surface area contributed by atoms with Crippen LogP contribution in [0.3, 0.4) is 0 Å². The third kappa shape index (κ3) is 42.2. The molecule has 59 heavy (non-hydrogen) atoms. The first kappa shape index (κ1) is 56.8. The number of hydrogen-bond donors (Lipinski definition) is 4. The fourth-order valence-electron chi connectivity index (χ4n) is 5.54. The van der Waals surface area contributed by atoms with Gasteiger partial charge in [0.2, 0.25) is 0 Å². The number of unbranched alkanes of at least 4 members (excludes halogenated alkanes) is 13. The van der Waals surface area contributed by atoms with Gasteiger partial charge in [0.1, 0.15) is 12.7 Å². The number of allylic oxidation sites excluding steroid dienone is 8. The van der Waals surface area contributed by atoms with E-state index in [2.05, 4.69) is 29.8 Å². The summed E-state index contributed by atoms with van der Waals surface area (Å²) >= 11 is 0. The normalized spacial score (nSPS) is 14.5. The molecule has 0 bridgehead atoms. The van der Waals surface area contributed by atoms with Gasteiger partial charge in [0, 0.05) is 19.3 Å². The quantitative estimate of drug-likeness (QED) is 0.0113. The van der Waals surface area contributed by atoms with Gasteiger partial charge in [-0.3, -0.25) is 28.0 Å². The number of ether oxygens (including phenoxy) is 2. The first-order valence-electron chi connectivity index (χ1n) is 21.6. The van der Waals surface area contributed by atoms with Crippen LogP contribution in [0.15, 0.2) is 48.6 Å². The Labute approximate surface area is 354 Å². The summed E-state index contributed by atoms with van der Waals surface area (Å²) in [6.45, 7) is 3.81. The van der Waals surface area contributed by atoms with Crippen LogP contribution in [0.5, 0.6) is 0 Å². The number of rotatable bonds is 40. The number of aliphatic hydroxyl groups is 1. The van der Waals surface area contributed by atoms with E-state index in [4.69, 9.17) is 23.8 Å². The SMILES string of the molecule is CCCCCC(=O)/C=C/C=C\C/C=C\C/C=C\CCCC(=O)OC[C@H](COP(=O)(O)OC[C@@H](O)COP(=O)(O)O)OC(=O)CCCCCCCCCCCCCC(C)C. The molecule has 0 heterocycles. The van der Waals surface area contributed by atoms with E-state index in [0.29, 0.717) is 25.7 Å². The van der Waals surface area contributed by atoms with Gasteiger partial charge in [-0.1, -0.05) is 147 Å². The van der Waals surface area contributed by atoms with Crippen molar-refractivity contribution in [1.82, 2.24) is 0 Å². The van der Waals surface area contributed by atoms with Gasteiger partial charge in [0.15, 0.2) is 11.9 Å². The van der Waals surface area contributed by atoms with Crippen molar-refractivity contribution in [2.75, 3.05) is 26.4 Å². The summed E-state index contributed by atoms with van der Waals surface area (Å²) in [6.07, 6.45) is 32.5. The molecule has 0 rings (SSSR count). The van der Waals surface area contributed by atoms with E-state index in [1.165, 1.54) is 44.9 Å². The van der Waals surface area contributed by atoms with Gasteiger partial charge in [-0.2, -0.15) is 0 Å². The van der Waals surface area contributed by atoms with Gasteiger partial charge in [0.05, 0.1) is 19.8 Å². The van der Waals surface area contributed by atoms with E-state index in [0.717, 1.165) is 63.7 Å². The molecule has 0 radical (unpaired) electrons. The molecule has 1 unspecified atom stereocenters. The van der Waals surface area contributed by atoms with Gasteiger partial charge in [-0.25, -0.2) is 9.13 Å². The number of aliphatic hydroxyl groups excluding tert-OH is 1. The fourth-order valence-corrected chi connectivity index (χ4v) is 6.69. The highest BCUT2D eigenvalue weighted by Crippen LogP contribution is 2.43. The van der Waals surface area contributed by atoms with E-state index in [1.54, 1.807) is 12.2 Å². The molecule has 0 saturated heterocycles. The second-order valence-corrected chi connectivity index (χ2v) is 17.8. The third-order valence-corrected chi connectivity index (χ3v) is 10.3. The third-order valence-electron chi connectivity index (χ3n) is 8.86. The molecular formula is C43H76O14P2. The lowest BCUT2D eigenvalue weighted by Crippen LogP contribution is -2.30. The topological polar surface area (TPSA) is 212 Å². The van der Waals surface area contributed by atoms with Crippen LogP contribution in [0.4, 0.5) is 0 Å². The Kier molecular flexibility index (Phi) is 36.1. The zero-order valence-corrected chi connectivity index (χ0v) is 37.8. The Morgan fingerprint density at radius 3 is 1.76 bits per heavy atom. The summed E-state index contributed by atoms with van der Waals surface area (Å²) in [4.78, 5) is 64.3. The molecule has 3 atom stereocenters. The van der Waals surface area contributed by atoms with Gasteiger partial charge >= 0.3 is 27.6 Å². The molecular weight excluding hydrogens is 802 g/mol. The molecule has 0 aromatic rings. The van der Waals surface area contributed by atoms with E-state index >= 15 is 0 Å². The minimum atomic E-state index is -4.87. The Bertz CT molecular complexity index is 1310. The predicted molar refractivity (Wildman–Crippen MR) is 230 cm³/mol. The number of carbonyl (C=O) groups is 3. The monoisotopic (exact) mass is 878 g/mol. The summed E-state index contributed by atoms with van der Waals surface area (Å²) in [7, 11) is -9.70. The van der Waals surface area contributed by atoms with Crippen molar-refractivity contribution < 1.29 is 66.3 Å². The zero-order chi connectivity index (χ0) is 44.0. The maximum atomic E-state index is 12.6. The molecule has 342 valence electrons. The molecule has 0 aromatic carbocycles. The average molecular weight is 879 g/mol. The van der Waals surface area contributed by atoms with E-state index in [1.807, 2.05) is 36.5 Å². The number of hydrogen-bond acceptors (Lipinski definition) is 11. The number of phosphoric ester groups is 2. The Morgan fingerprint density at radius 2 is 1.14 bits per heavy atom. The van der Waals surface area contributed by atoms with Crippen LogP contribution in [0.1, 0.15) is 162 Å². The number of ketones is 1. The van der Waals surface area contributed by atoms with Crippen molar-refractivity contribution in [3.63, 3.8) is 0 Å². The summed E-state index contributed by atoms with van der Waals surface area (Å²) in [6, 6.07) is 0. The van der Waals surface area contributed by atoms with E-state index < -0.39 is 66.2 Å². The highest BCUT2D eigenvalue weighted by molar-refractivity contribution is 7.47. The Hall–Kier alpha value is -2.25. The molecule has 0 amide bonds. The van der Waals surface area contributed by atoms with Crippen LogP contribution >= 0.6 is 15.6 Å². The number of carbonyl (C=O) groups excluding carboxylic acids is 3. The van der Waals surface area contributed by atoms with E-state index in [-0.39, 0.29) is 18.6 Å². The highest BCUT2D eigenvalue weighted by Gasteiger charge is 2.28. The summed E-state index contributed by atoms with van der Waals surface area (Å²) in [5.41, 5.74) is 0. The second kappa shape index (κ2) is 37.5. The molecule has 0 fully saturated rings. The van der Waals surface area contributed by atoms with Crippen LogP contribution in [0.2, 0.25) is 0 Å². The lowest BCUT2D eigenvalue weighted by molar-refractivity contribution is -0.161. The maximum Gasteiger partial charge on any atom is 0.472 e. The lowest BCUT2D eigenvalue weighted by Gasteiger charge is -2.20. The molecule has 0 saturated carbocycles. The minimum absolute atomic E-state index is 0.0929. The lowest BCUT2D eigenvalue weighted by atomic mass is 10.0. The Morgan fingerprint density at radius 1 is 0.593 bits per heavy atom. The van der Waals surface area contributed by atoms with Crippen molar-refractivity contribution in [2.45, 2.75) is 174 Å². The van der Waals surface area contributed by atoms with E-state index in [9.17, 15) is 33.5 Å². The smallest absolute Gasteiger partial charge is 0.462 e. The molecule has 0 aliphatic carbocycles. The van der Waals surface area contributed by atoms with Crippen molar-refractivity contribution in [2.24, 2.45) is 5.92 Å². The second-order valence-electron chi connectivity index (χ2n) is 15.1. The first-order valence-corrected chi connectivity index (χ1v) is 24.7. The first-order chi connectivity index (χ1) is 28.1. The summed E-state index contributed by atoms with van der Waals surface area (Å²) < 4.78 is 47.7. The van der Waals surface area contributed by atoms with Crippen molar-refractivity contribution in [3.8, 4) is 0 Å². The summed E-state index contributed by atoms with van der Waals surface area (Å²) in [5.74, 6) is -0.213. The van der Waals surface area contributed by atoms with Crippen molar-refractivity contribution in [3.05, 3.63) is 48.6 Å². The van der Waals surface area contributed by atoms with Crippen LogP contribution in [0, 0.1) is 5.92 Å². The standard InChI is InChI=1S/C43H76O14P2/c1-4-5-24-30-39(44)31-26-21-17-13-9-7-10-14-18-22-27-32-42(46)53-36-41(37-56-59(51,52)55-35-40(45)34-54-58(48,49)50)57-43(47)33-28-23-19-15-11-6-8-12-16-20-25-29-38(2)3/h7,9,14,17-18,21,26,31,38,40-41,45H,4-6,8,10-13,15-16,19-20,22-25,27-30,32-37H2,1-3H3,(H,51,52)(H2,48,49,50)/b9-7-,18-14-,21-17-,31-26+/t40-,41+/m0/s1. The summed E-state index contributed by atoms with van der Waals surface area (Å²) in [5, 5.41) is 9.74. The van der Waals surface area contributed by atoms with Gasteiger partial charge in [0.25, 0.3) is 0 Å². The number of esters is 2. The van der Waals surface area contributed by atoms with Crippen LogP contribution < -0.4 is 0 Å². The molecule has 16 heteroatoms. The molecule has 0 aliphatic heterocycles. The van der Waals surface area contributed by atoms with Gasteiger partial charge in [-0.15, -0.1) is 0 Å². The van der Waals surface area contributed by atoms with Gasteiger partial charge in [-0.05, 0) is 50.5 Å². The zero-order valence-electron chi connectivity index (χ0n) is 36.0. The van der Waals surface area contributed by atoms with Crippen LogP contribution in [-0.4, -0.2) is 76.1 Å². The van der Waals surface area contributed by atoms with Gasteiger partial charge < -0.3 is 29.3 Å². The molecule has 0 spiro atoms. The largest absolute Gasteiger partial charge is 0.472 e. The minimum Gasteiger partial charge on any atom is -0.462 e. The molecule has 14 nitrogen and oxygen atoms in total. The Balaban J connectivity index is 4.65. The highest BCUT2D eigenvalue weighted by atomic mass is 31.2. The number of phosphoric acid groups is 2. The van der Waals surface area contributed by atoms with Crippen LogP contribution in [0.25, 0.3) is 0 Å². The maximum absolute atomic E-state index is 12.6. The average Bonchev–Trinajstić information content (AvgIpc) is 3.17. The van der Waals surface area contributed by atoms with Crippen molar-refractivity contribution >= 4 is 33.4 Å². The predicted octanol–water partition coefficient (Wildman–Crippen LogP) is 10.1.